The number of nitriles is 1. The molecule has 0 unspecified atom stereocenters. The minimum Gasteiger partial charge on any atom is -0.497 e. The Morgan fingerprint density at radius 3 is 2.61 bits per heavy atom. The van der Waals surface area contributed by atoms with Gasteiger partial charge in [-0.25, -0.2) is 0 Å². The third-order valence-electron chi connectivity index (χ3n) is 2.91. The van der Waals surface area contributed by atoms with Crippen LogP contribution in [0.25, 0.3) is 6.08 Å². The molecule has 0 saturated heterocycles. The molecule has 0 spiro atoms. The van der Waals surface area contributed by atoms with Gasteiger partial charge >= 0.3 is 0 Å². The van der Waals surface area contributed by atoms with Crippen LogP contribution in [0.15, 0.2) is 52.5 Å². The number of benzene rings is 2. The van der Waals surface area contributed by atoms with E-state index in [1.807, 2.05) is 6.07 Å². The van der Waals surface area contributed by atoms with Crippen LogP contribution in [0.5, 0.6) is 5.75 Å². The van der Waals surface area contributed by atoms with Crippen LogP contribution in [0.2, 0.25) is 5.02 Å². The molecule has 0 heterocycles. The van der Waals surface area contributed by atoms with E-state index in [1.54, 1.807) is 49.6 Å². The topological polar surface area (TPSA) is 62.1 Å². The lowest BCUT2D eigenvalue weighted by Gasteiger charge is -2.05. The molecule has 116 valence electrons. The maximum Gasteiger partial charge on any atom is 0.266 e. The molecule has 6 heteroatoms. The fraction of sp³-hybridized carbons (Fsp3) is 0.0588. The van der Waals surface area contributed by atoms with E-state index in [9.17, 15) is 10.1 Å². The molecule has 0 aliphatic carbocycles. The lowest BCUT2D eigenvalue weighted by molar-refractivity contribution is -0.112. The highest BCUT2D eigenvalue weighted by Gasteiger charge is 2.10. The predicted molar refractivity (Wildman–Crippen MR) is 94.4 cm³/mol. The number of carbonyl (C=O) groups excluding carboxylic acids is 1. The van der Waals surface area contributed by atoms with Gasteiger partial charge in [-0.2, -0.15) is 5.26 Å². The second kappa shape index (κ2) is 7.82. The van der Waals surface area contributed by atoms with E-state index >= 15 is 0 Å². The number of hydrogen-bond acceptors (Lipinski definition) is 3. The molecule has 23 heavy (non-hydrogen) atoms. The van der Waals surface area contributed by atoms with Crippen LogP contribution >= 0.6 is 27.5 Å². The maximum atomic E-state index is 12.2. The van der Waals surface area contributed by atoms with E-state index in [4.69, 9.17) is 16.3 Å². The van der Waals surface area contributed by atoms with Gasteiger partial charge in [-0.1, -0.05) is 27.5 Å². The summed E-state index contributed by atoms with van der Waals surface area (Å²) in [6.45, 7) is 0. The Kier molecular flexibility index (Phi) is 5.80. The first-order valence-electron chi connectivity index (χ1n) is 6.55. The molecule has 1 N–H and O–H groups in total. The van der Waals surface area contributed by atoms with Crippen LogP contribution in [0.3, 0.4) is 0 Å². The van der Waals surface area contributed by atoms with Gasteiger partial charge in [0.25, 0.3) is 5.91 Å². The molecule has 2 aromatic rings. The van der Waals surface area contributed by atoms with Gasteiger partial charge in [0.05, 0.1) is 7.11 Å². The number of carbonyl (C=O) groups is 1. The summed E-state index contributed by atoms with van der Waals surface area (Å²) in [6.07, 6.45) is 1.50. The summed E-state index contributed by atoms with van der Waals surface area (Å²) in [6, 6.07) is 13.9. The third-order valence-corrected chi connectivity index (χ3v) is 3.62. The summed E-state index contributed by atoms with van der Waals surface area (Å²) in [5.74, 6) is 0.134. The first kappa shape index (κ1) is 17.1. The minimum absolute atomic E-state index is 0.0138. The Hall–Kier alpha value is -2.29. The highest BCUT2D eigenvalue weighted by atomic mass is 79.9. The number of hydrogen-bond donors (Lipinski definition) is 1. The Morgan fingerprint density at radius 1 is 1.30 bits per heavy atom. The molecule has 0 aromatic heterocycles. The summed E-state index contributed by atoms with van der Waals surface area (Å²) in [5, 5.41) is 12.5. The Bertz CT molecular complexity index is 795. The molecule has 0 bridgehead atoms. The van der Waals surface area contributed by atoms with Crippen molar-refractivity contribution in [3.8, 4) is 11.8 Å². The summed E-state index contributed by atoms with van der Waals surface area (Å²) >= 11 is 9.15. The van der Waals surface area contributed by atoms with Gasteiger partial charge < -0.3 is 10.1 Å². The smallest absolute Gasteiger partial charge is 0.266 e. The average molecular weight is 392 g/mol. The van der Waals surface area contributed by atoms with Crippen LogP contribution in [-0.4, -0.2) is 13.0 Å². The number of anilines is 1. The molecule has 2 rings (SSSR count). The van der Waals surface area contributed by atoms with Gasteiger partial charge in [0.15, 0.2) is 0 Å². The predicted octanol–water partition coefficient (Wildman–Crippen LogP) is 4.66. The normalized spacial score (nSPS) is 10.8. The van der Waals surface area contributed by atoms with Crippen molar-refractivity contribution in [3.05, 3.63) is 63.1 Å². The van der Waals surface area contributed by atoms with Crippen molar-refractivity contribution in [1.29, 1.82) is 5.26 Å². The Balaban J connectivity index is 2.24. The quantitative estimate of drug-likeness (QED) is 0.609. The Morgan fingerprint density at radius 2 is 2.00 bits per heavy atom. The lowest BCUT2D eigenvalue weighted by atomic mass is 10.1. The van der Waals surface area contributed by atoms with Gasteiger partial charge in [-0.3, -0.25) is 4.79 Å². The summed E-state index contributed by atoms with van der Waals surface area (Å²) in [5.41, 5.74) is 1.23. The van der Waals surface area contributed by atoms with Crippen LogP contribution in [0.4, 0.5) is 5.69 Å². The van der Waals surface area contributed by atoms with E-state index < -0.39 is 5.91 Å². The molecule has 0 aliphatic rings. The van der Waals surface area contributed by atoms with Gasteiger partial charge in [-0.15, -0.1) is 0 Å². The highest BCUT2D eigenvalue weighted by molar-refractivity contribution is 9.10. The SMILES string of the molecule is COc1cc(Br)cc(/C=C(\C#N)C(=O)Nc2ccc(Cl)cc2)c1. The van der Waals surface area contributed by atoms with Crippen LogP contribution < -0.4 is 10.1 Å². The van der Waals surface area contributed by atoms with Gasteiger partial charge in [0.2, 0.25) is 0 Å². The summed E-state index contributed by atoms with van der Waals surface area (Å²) in [4.78, 5) is 12.2. The first-order chi connectivity index (χ1) is 11.0. The molecular formula is C17H12BrClN2O2. The van der Waals surface area contributed by atoms with E-state index in [0.717, 1.165) is 4.47 Å². The van der Waals surface area contributed by atoms with E-state index in [2.05, 4.69) is 21.2 Å². The van der Waals surface area contributed by atoms with Gasteiger partial charge in [0, 0.05) is 15.2 Å². The second-order valence-electron chi connectivity index (χ2n) is 4.56. The summed E-state index contributed by atoms with van der Waals surface area (Å²) in [7, 11) is 1.55. The van der Waals surface area contributed by atoms with Gasteiger partial charge in [-0.05, 0) is 54.1 Å². The zero-order valence-electron chi connectivity index (χ0n) is 12.1. The third kappa shape index (κ3) is 4.85. The summed E-state index contributed by atoms with van der Waals surface area (Å²) < 4.78 is 5.95. The molecule has 0 fully saturated rings. The average Bonchev–Trinajstić information content (AvgIpc) is 2.54. The number of amides is 1. The fourth-order valence-corrected chi connectivity index (χ4v) is 2.45. The number of halogens is 2. The zero-order chi connectivity index (χ0) is 16.8. The van der Waals surface area contributed by atoms with Crippen molar-refractivity contribution >= 4 is 45.2 Å². The minimum atomic E-state index is -0.492. The molecule has 1 amide bonds. The van der Waals surface area contributed by atoms with Crippen molar-refractivity contribution in [2.24, 2.45) is 0 Å². The highest BCUT2D eigenvalue weighted by Crippen LogP contribution is 2.23. The molecule has 4 nitrogen and oxygen atoms in total. The monoisotopic (exact) mass is 390 g/mol. The molecule has 0 saturated carbocycles. The van der Waals surface area contributed by atoms with E-state index in [-0.39, 0.29) is 5.57 Å². The van der Waals surface area contributed by atoms with Crippen molar-refractivity contribution in [1.82, 2.24) is 0 Å². The van der Waals surface area contributed by atoms with Crippen LogP contribution in [-0.2, 0) is 4.79 Å². The molecule has 0 radical (unpaired) electrons. The van der Waals surface area contributed by atoms with Crippen molar-refractivity contribution in [2.45, 2.75) is 0 Å². The lowest BCUT2D eigenvalue weighted by Crippen LogP contribution is -2.13. The van der Waals surface area contributed by atoms with E-state index in [0.29, 0.717) is 22.0 Å². The van der Waals surface area contributed by atoms with Crippen LogP contribution in [0.1, 0.15) is 5.56 Å². The number of rotatable bonds is 4. The number of ether oxygens (including phenoxy) is 1. The van der Waals surface area contributed by atoms with Gasteiger partial charge in [0.1, 0.15) is 17.4 Å². The zero-order valence-corrected chi connectivity index (χ0v) is 14.5. The number of methoxy groups -OCH3 is 1. The fourth-order valence-electron chi connectivity index (χ4n) is 1.83. The molecule has 0 aliphatic heterocycles. The molecule has 0 atom stereocenters. The number of nitrogens with one attached hydrogen (secondary N) is 1. The standard InChI is InChI=1S/C17H12BrClN2O2/c1-23-16-8-11(7-13(18)9-16)6-12(10-20)17(22)21-15-4-2-14(19)3-5-15/h2-9H,1H3,(H,21,22)/b12-6+. The molecule has 2 aromatic carbocycles. The van der Waals surface area contributed by atoms with Crippen molar-refractivity contribution < 1.29 is 9.53 Å². The number of nitrogens with zero attached hydrogens (tertiary/aromatic N) is 1. The largest absolute Gasteiger partial charge is 0.497 e. The van der Waals surface area contributed by atoms with E-state index in [1.165, 1.54) is 6.08 Å². The first-order valence-corrected chi connectivity index (χ1v) is 7.72. The maximum absolute atomic E-state index is 12.2. The van der Waals surface area contributed by atoms with Crippen molar-refractivity contribution in [3.63, 3.8) is 0 Å². The van der Waals surface area contributed by atoms with Crippen LogP contribution in [0, 0.1) is 11.3 Å². The Labute approximate surface area is 147 Å². The molecular weight excluding hydrogens is 380 g/mol. The van der Waals surface area contributed by atoms with Crippen molar-refractivity contribution in [2.75, 3.05) is 12.4 Å². The second-order valence-corrected chi connectivity index (χ2v) is 5.91.